The zero-order chi connectivity index (χ0) is 13.7. The Morgan fingerprint density at radius 2 is 1.26 bits per heavy atom. The third-order valence-corrected chi connectivity index (χ3v) is 4.57. The van der Waals surface area contributed by atoms with Gasteiger partial charge < -0.3 is 0 Å². The maximum atomic E-state index is 13.0. The van der Waals surface area contributed by atoms with E-state index in [9.17, 15) is 8.22 Å². The SMILES string of the molecule is CC(CC(c1ccccc1)c1ccccc1)[SiH](F)F. The number of benzene rings is 2. The van der Waals surface area contributed by atoms with E-state index in [1.165, 1.54) is 0 Å². The second-order valence-corrected chi connectivity index (χ2v) is 6.73. The van der Waals surface area contributed by atoms with E-state index >= 15 is 0 Å². The Bertz CT molecular complexity index is 445. The first-order chi connectivity index (χ1) is 9.18. The van der Waals surface area contributed by atoms with Gasteiger partial charge in [0.2, 0.25) is 0 Å². The molecule has 0 saturated carbocycles. The van der Waals surface area contributed by atoms with Gasteiger partial charge in [-0.15, -0.1) is 0 Å². The molecule has 0 heterocycles. The van der Waals surface area contributed by atoms with Crippen LogP contribution in [0.25, 0.3) is 0 Å². The molecule has 0 saturated heterocycles. The van der Waals surface area contributed by atoms with Crippen LogP contribution in [0.4, 0.5) is 8.22 Å². The highest BCUT2D eigenvalue weighted by Gasteiger charge is 2.24. The molecular weight excluding hydrogens is 258 g/mol. The molecule has 0 aromatic heterocycles. The normalized spacial score (nSPS) is 12.9. The summed E-state index contributed by atoms with van der Waals surface area (Å²) >= 11 is 0. The number of hydrogen-bond donors (Lipinski definition) is 0. The maximum Gasteiger partial charge on any atom is 0.414 e. The summed E-state index contributed by atoms with van der Waals surface area (Å²) in [6, 6.07) is 19.9. The smallest absolute Gasteiger partial charge is 0.275 e. The Balaban J connectivity index is 2.29. The molecule has 1 atom stereocenters. The van der Waals surface area contributed by atoms with Crippen molar-refractivity contribution in [3.63, 3.8) is 0 Å². The van der Waals surface area contributed by atoms with Crippen LogP contribution < -0.4 is 0 Å². The molecule has 0 nitrogen and oxygen atoms in total. The topological polar surface area (TPSA) is 0 Å². The monoisotopic (exact) mass is 276 g/mol. The van der Waals surface area contributed by atoms with Crippen molar-refractivity contribution in [1.29, 1.82) is 0 Å². The van der Waals surface area contributed by atoms with E-state index in [2.05, 4.69) is 0 Å². The molecule has 0 aliphatic heterocycles. The van der Waals surface area contributed by atoms with E-state index in [-0.39, 0.29) is 5.92 Å². The van der Waals surface area contributed by atoms with Gasteiger partial charge in [0.1, 0.15) is 0 Å². The van der Waals surface area contributed by atoms with E-state index in [0.717, 1.165) is 11.1 Å². The molecule has 2 aromatic carbocycles. The highest BCUT2D eigenvalue weighted by Crippen LogP contribution is 2.34. The van der Waals surface area contributed by atoms with Gasteiger partial charge in [0, 0.05) is 11.5 Å². The molecule has 19 heavy (non-hydrogen) atoms. The van der Waals surface area contributed by atoms with Crippen LogP contribution in [-0.4, -0.2) is 9.46 Å². The van der Waals surface area contributed by atoms with Gasteiger partial charge in [0.05, 0.1) is 0 Å². The highest BCUT2D eigenvalue weighted by molar-refractivity contribution is 6.44. The zero-order valence-electron chi connectivity index (χ0n) is 11.0. The summed E-state index contributed by atoms with van der Waals surface area (Å²) in [7, 11) is -3.57. The average molecular weight is 276 g/mol. The predicted octanol–water partition coefficient (Wildman–Crippen LogP) is 4.76. The zero-order valence-corrected chi connectivity index (χ0v) is 12.1. The van der Waals surface area contributed by atoms with Crippen molar-refractivity contribution in [2.75, 3.05) is 0 Å². The van der Waals surface area contributed by atoms with E-state index in [0.29, 0.717) is 6.42 Å². The fourth-order valence-corrected chi connectivity index (χ4v) is 2.79. The summed E-state index contributed by atoms with van der Waals surface area (Å²) in [5.74, 6) is 0.0684. The van der Waals surface area contributed by atoms with Crippen LogP contribution in [0.2, 0.25) is 5.54 Å². The lowest BCUT2D eigenvalue weighted by molar-refractivity contribution is 0.571. The molecule has 0 radical (unpaired) electrons. The van der Waals surface area contributed by atoms with Crippen molar-refractivity contribution >= 4 is 9.46 Å². The molecular formula is C16H18F2Si. The summed E-state index contributed by atoms with van der Waals surface area (Å²) in [5, 5.41) is 0. The van der Waals surface area contributed by atoms with Crippen LogP contribution in [0.3, 0.4) is 0 Å². The Morgan fingerprint density at radius 3 is 1.63 bits per heavy atom. The molecule has 0 bridgehead atoms. The van der Waals surface area contributed by atoms with Crippen molar-refractivity contribution in [2.24, 2.45) is 0 Å². The molecule has 0 spiro atoms. The molecule has 0 fully saturated rings. The van der Waals surface area contributed by atoms with Crippen molar-refractivity contribution in [1.82, 2.24) is 0 Å². The fourth-order valence-electron chi connectivity index (χ4n) is 2.31. The molecule has 100 valence electrons. The quantitative estimate of drug-likeness (QED) is 0.545. The Labute approximate surface area is 115 Å². The first-order valence-corrected chi connectivity index (χ1v) is 8.10. The van der Waals surface area contributed by atoms with E-state index in [1.54, 1.807) is 6.92 Å². The standard InChI is InChI=1S/C16H18F2Si/c1-13(19(17)18)12-16(14-8-4-2-5-9-14)15-10-6-3-7-11-15/h2-11,13,16,19H,12H2,1H3. The summed E-state index contributed by atoms with van der Waals surface area (Å²) in [6.45, 7) is 1.68. The summed E-state index contributed by atoms with van der Waals surface area (Å²) in [4.78, 5) is 0. The fraction of sp³-hybridized carbons (Fsp3) is 0.250. The lowest BCUT2D eigenvalue weighted by atomic mass is 9.87. The van der Waals surface area contributed by atoms with Crippen LogP contribution in [-0.2, 0) is 0 Å². The van der Waals surface area contributed by atoms with Crippen molar-refractivity contribution < 1.29 is 8.22 Å². The van der Waals surface area contributed by atoms with Crippen molar-refractivity contribution in [2.45, 2.75) is 24.8 Å². The van der Waals surface area contributed by atoms with Crippen LogP contribution in [0.1, 0.15) is 30.4 Å². The van der Waals surface area contributed by atoms with Crippen LogP contribution >= 0.6 is 0 Å². The summed E-state index contributed by atoms with van der Waals surface area (Å²) in [5.41, 5.74) is 1.77. The highest BCUT2D eigenvalue weighted by atomic mass is 28.4. The molecule has 0 aliphatic carbocycles. The van der Waals surface area contributed by atoms with E-state index in [4.69, 9.17) is 0 Å². The lowest BCUT2D eigenvalue weighted by Gasteiger charge is -2.21. The van der Waals surface area contributed by atoms with Gasteiger partial charge in [-0.05, 0) is 17.5 Å². The molecule has 3 heteroatoms. The Hall–Kier alpha value is -1.48. The largest absolute Gasteiger partial charge is 0.414 e. The van der Waals surface area contributed by atoms with Gasteiger partial charge in [-0.2, -0.15) is 0 Å². The average Bonchev–Trinajstić information content (AvgIpc) is 2.46. The third kappa shape index (κ3) is 3.74. The molecule has 0 aliphatic rings. The molecule has 2 aromatic rings. The van der Waals surface area contributed by atoms with Gasteiger partial charge in [-0.1, -0.05) is 67.6 Å². The first-order valence-electron chi connectivity index (χ1n) is 6.56. The van der Waals surface area contributed by atoms with Crippen LogP contribution in [0.5, 0.6) is 0 Å². The predicted molar refractivity (Wildman–Crippen MR) is 78.1 cm³/mol. The summed E-state index contributed by atoms with van der Waals surface area (Å²) < 4.78 is 25.9. The minimum atomic E-state index is -3.57. The van der Waals surface area contributed by atoms with E-state index in [1.807, 2.05) is 60.7 Å². The molecule has 0 amide bonds. The van der Waals surface area contributed by atoms with Crippen LogP contribution in [0.15, 0.2) is 60.7 Å². The second-order valence-electron chi connectivity index (χ2n) is 4.92. The maximum absolute atomic E-state index is 13.0. The third-order valence-electron chi connectivity index (χ3n) is 3.44. The van der Waals surface area contributed by atoms with Crippen LogP contribution in [0, 0.1) is 0 Å². The Morgan fingerprint density at radius 1 is 0.842 bits per heavy atom. The van der Waals surface area contributed by atoms with Gasteiger partial charge in [0.25, 0.3) is 0 Å². The number of halogens is 2. The Kier molecular flexibility index (Phi) is 4.85. The minimum Gasteiger partial charge on any atom is -0.275 e. The van der Waals surface area contributed by atoms with E-state index < -0.39 is 15.0 Å². The number of hydrogen-bond acceptors (Lipinski definition) is 0. The van der Waals surface area contributed by atoms with Crippen molar-refractivity contribution in [3.05, 3.63) is 71.8 Å². The second kappa shape index (κ2) is 6.62. The van der Waals surface area contributed by atoms with Gasteiger partial charge in [0.15, 0.2) is 0 Å². The molecule has 0 N–H and O–H groups in total. The number of rotatable bonds is 5. The lowest BCUT2D eigenvalue weighted by Crippen LogP contribution is -2.12. The minimum absolute atomic E-state index is 0.0684. The molecule has 2 rings (SSSR count). The van der Waals surface area contributed by atoms with Crippen molar-refractivity contribution in [3.8, 4) is 0 Å². The van der Waals surface area contributed by atoms with Gasteiger partial charge >= 0.3 is 9.46 Å². The first kappa shape index (κ1) is 13.9. The van der Waals surface area contributed by atoms with Gasteiger partial charge in [-0.25, -0.2) is 0 Å². The molecule has 1 unspecified atom stereocenters. The summed E-state index contributed by atoms with van der Waals surface area (Å²) in [6.07, 6.45) is 0.526. The van der Waals surface area contributed by atoms with Gasteiger partial charge in [-0.3, -0.25) is 8.22 Å².